The third-order valence-corrected chi connectivity index (χ3v) is 3.01. The molecule has 2 N–H and O–H groups in total. The summed E-state index contributed by atoms with van der Waals surface area (Å²) < 4.78 is 0. The van der Waals surface area contributed by atoms with Gasteiger partial charge in [0.1, 0.15) is 19.4 Å². The topological polar surface area (TPSA) is 124 Å². The molecule has 0 aromatic carbocycles. The third-order valence-electron chi connectivity index (χ3n) is 3.01. The van der Waals surface area contributed by atoms with Gasteiger partial charge in [-0.3, -0.25) is 19.3 Å². The zero-order chi connectivity index (χ0) is 16.0. The van der Waals surface area contributed by atoms with Crippen LogP contribution in [0.4, 0.5) is 4.79 Å². The monoisotopic (exact) mass is 299 g/mol. The van der Waals surface area contributed by atoms with E-state index in [1.54, 1.807) is 0 Å². The first kappa shape index (κ1) is 16.6. The lowest BCUT2D eigenvalue weighted by Crippen LogP contribution is -2.42. The van der Waals surface area contributed by atoms with Crippen LogP contribution in [0, 0.1) is 5.92 Å². The van der Waals surface area contributed by atoms with Gasteiger partial charge in [-0.1, -0.05) is 0 Å². The number of hydrogen-bond donors (Lipinski definition) is 2. The van der Waals surface area contributed by atoms with Gasteiger partial charge in [0.25, 0.3) is 5.91 Å². The second kappa shape index (κ2) is 7.36. The second-order valence-electron chi connectivity index (χ2n) is 4.79. The van der Waals surface area contributed by atoms with Crippen molar-refractivity contribution in [2.24, 2.45) is 5.92 Å². The number of imide groups is 1. The van der Waals surface area contributed by atoms with E-state index in [9.17, 15) is 24.0 Å². The summed E-state index contributed by atoms with van der Waals surface area (Å²) in [6.45, 7) is -0.488. The maximum absolute atomic E-state index is 11.7. The number of hydrogen-bond acceptors (Lipinski definition) is 5. The van der Waals surface area contributed by atoms with E-state index in [0.717, 1.165) is 4.90 Å². The van der Waals surface area contributed by atoms with E-state index >= 15 is 0 Å². The van der Waals surface area contributed by atoms with E-state index in [1.165, 1.54) is 11.9 Å². The van der Waals surface area contributed by atoms with Gasteiger partial charge in [-0.15, -0.1) is 0 Å². The lowest BCUT2D eigenvalue weighted by molar-refractivity contribution is -0.138. The summed E-state index contributed by atoms with van der Waals surface area (Å²) in [5.41, 5.74) is 0. The Morgan fingerprint density at radius 3 is 2.57 bits per heavy atom. The molecule has 1 unspecified atom stereocenters. The first-order valence-corrected chi connectivity index (χ1v) is 6.32. The van der Waals surface area contributed by atoms with Gasteiger partial charge in [0, 0.05) is 20.0 Å². The van der Waals surface area contributed by atoms with Gasteiger partial charge in [0.05, 0.1) is 6.42 Å². The molecular weight excluding hydrogens is 282 g/mol. The van der Waals surface area contributed by atoms with Crippen molar-refractivity contribution >= 4 is 30.1 Å². The van der Waals surface area contributed by atoms with Crippen molar-refractivity contribution in [3.8, 4) is 0 Å². The molecule has 0 bridgehead atoms. The lowest BCUT2D eigenvalue weighted by Gasteiger charge is -2.16. The van der Waals surface area contributed by atoms with Crippen LogP contribution in [0.25, 0.3) is 0 Å². The molecule has 0 aromatic rings. The number of urea groups is 1. The minimum atomic E-state index is -1.07. The highest BCUT2D eigenvalue weighted by molar-refractivity contribution is 6.04. The minimum Gasteiger partial charge on any atom is -0.481 e. The second-order valence-corrected chi connectivity index (χ2v) is 4.79. The zero-order valence-corrected chi connectivity index (χ0v) is 11.6. The molecule has 1 rings (SSSR count). The highest BCUT2D eigenvalue weighted by Gasteiger charge is 2.34. The fraction of sp³-hybridized carbons (Fsp3) is 0.583. The van der Waals surface area contributed by atoms with Crippen molar-refractivity contribution in [1.29, 1.82) is 0 Å². The summed E-state index contributed by atoms with van der Waals surface area (Å²) in [7, 11) is 1.45. The Bertz CT molecular complexity index is 464. The largest absolute Gasteiger partial charge is 0.481 e. The average Bonchev–Trinajstić information content (AvgIpc) is 2.62. The molecule has 21 heavy (non-hydrogen) atoms. The Hall–Kier alpha value is -2.45. The van der Waals surface area contributed by atoms with Gasteiger partial charge in [-0.2, -0.15) is 0 Å². The highest BCUT2D eigenvalue weighted by atomic mass is 16.4. The molecule has 0 aromatic heterocycles. The van der Waals surface area contributed by atoms with Gasteiger partial charge in [-0.05, 0) is 5.92 Å². The van der Waals surface area contributed by atoms with E-state index in [-0.39, 0.29) is 25.9 Å². The minimum absolute atomic E-state index is 0.00403. The number of nitrogens with zero attached hydrogens (tertiary/aromatic N) is 2. The van der Waals surface area contributed by atoms with Crippen LogP contribution in [0.5, 0.6) is 0 Å². The number of amides is 4. The van der Waals surface area contributed by atoms with Gasteiger partial charge >= 0.3 is 12.0 Å². The Labute approximate surface area is 120 Å². The molecular formula is C12H17N3O6. The van der Waals surface area contributed by atoms with Crippen LogP contribution in [-0.2, 0) is 19.2 Å². The number of carboxylic acids is 1. The molecule has 116 valence electrons. The van der Waals surface area contributed by atoms with Crippen LogP contribution in [0.3, 0.4) is 0 Å². The van der Waals surface area contributed by atoms with Crippen molar-refractivity contribution in [2.45, 2.75) is 12.8 Å². The van der Waals surface area contributed by atoms with E-state index < -0.39 is 36.3 Å². The molecule has 1 heterocycles. The molecule has 9 nitrogen and oxygen atoms in total. The predicted octanol–water partition coefficient (Wildman–Crippen LogP) is -1.32. The van der Waals surface area contributed by atoms with Gasteiger partial charge in [0.15, 0.2) is 0 Å². The highest BCUT2D eigenvalue weighted by Crippen LogP contribution is 2.08. The van der Waals surface area contributed by atoms with Gasteiger partial charge < -0.3 is 20.1 Å². The van der Waals surface area contributed by atoms with Crippen LogP contribution >= 0.6 is 0 Å². The number of carbonyl (C=O) groups excluding carboxylic acids is 4. The fourth-order valence-electron chi connectivity index (χ4n) is 1.90. The van der Waals surface area contributed by atoms with Crippen LogP contribution < -0.4 is 5.32 Å². The first-order valence-electron chi connectivity index (χ1n) is 6.32. The molecule has 1 aliphatic rings. The summed E-state index contributed by atoms with van der Waals surface area (Å²) in [5, 5.41) is 11.1. The maximum Gasteiger partial charge on any atom is 0.327 e. The number of carboxylic acid groups (broad SMARTS) is 1. The summed E-state index contributed by atoms with van der Waals surface area (Å²) in [6.07, 6.45) is 0.350. The molecule has 0 saturated carbocycles. The van der Waals surface area contributed by atoms with Crippen molar-refractivity contribution in [3.05, 3.63) is 0 Å². The van der Waals surface area contributed by atoms with Crippen molar-refractivity contribution in [1.82, 2.24) is 15.1 Å². The van der Waals surface area contributed by atoms with Gasteiger partial charge in [0.2, 0.25) is 5.91 Å². The normalized spacial score (nSPS) is 16.0. The Morgan fingerprint density at radius 1 is 1.43 bits per heavy atom. The maximum atomic E-state index is 11.7. The van der Waals surface area contributed by atoms with E-state index in [0.29, 0.717) is 6.29 Å². The molecule has 1 atom stereocenters. The van der Waals surface area contributed by atoms with E-state index in [1.807, 2.05) is 0 Å². The molecule has 1 saturated heterocycles. The van der Waals surface area contributed by atoms with Crippen LogP contribution in [0.1, 0.15) is 12.8 Å². The Morgan fingerprint density at radius 2 is 2.10 bits per heavy atom. The molecule has 9 heteroatoms. The number of aldehydes is 1. The van der Waals surface area contributed by atoms with Crippen molar-refractivity contribution in [3.63, 3.8) is 0 Å². The van der Waals surface area contributed by atoms with E-state index in [4.69, 9.17) is 5.11 Å². The standard InChI is InChI=1S/C12H17N3O6/c1-14-7-10(18)15(12(14)21)6-9(17)13-5-8(2-3-16)4-11(19)20/h3,8H,2,4-7H2,1H3,(H,13,17)(H,19,20). The molecule has 0 radical (unpaired) electrons. The quantitative estimate of drug-likeness (QED) is 0.423. The summed E-state index contributed by atoms with van der Waals surface area (Å²) in [5.74, 6) is -2.62. The van der Waals surface area contributed by atoms with Crippen LogP contribution in [0.15, 0.2) is 0 Å². The smallest absolute Gasteiger partial charge is 0.327 e. The third kappa shape index (κ3) is 4.86. The number of aliphatic carboxylic acids is 1. The zero-order valence-electron chi connectivity index (χ0n) is 11.6. The summed E-state index contributed by atoms with van der Waals surface area (Å²) in [6, 6.07) is -0.551. The molecule has 1 fully saturated rings. The van der Waals surface area contributed by atoms with E-state index in [2.05, 4.69) is 5.32 Å². The average molecular weight is 299 g/mol. The first-order chi connectivity index (χ1) is 9.85. The summed E-state index contributed by atoms with van der Waals surface area (Å²) >= 11 is 0. The van der Waals surface area contributed by atoms with Crippen LogP contribution in [0.2, 0.25) is 0 Å². The Kier molecular flexibility index (Phi) is 5.82. The number of nitrogens with one attached hydrogen (secondary N) is 1. The van der Waals surface area contributed by atoms with Crippen LogP contribution in [-0.4, -0.2) is 71.7 Å². The molecule has 0 aliphatic carbocycles. The van der Waals surface area contributed by atoms with Crippen molar-refractivity contribution < 1.29 is 29.1 Å². The Balaban J connectivity index is 2.46. The predicted molar refractivity (Wildman–Crippen MR) is 69.2 cm³/mol. The molecule has 0 spiro atoms. The lowest BCUT2D eigenvalue weighted by atomic mass is 10.0. The molecule has 4 amide bonds. The fourth-order valence-corrected chi connectivity index (χ4v) is 1.90. The number of rotatable bonds is 8. The molecule has 1 aliphatic heterocycles. The van der Waals surface area contributed by atoms with Crippen molar-refractivity contribution in [2.75, 3.05) is 26.7 Å². The summed E-state index contributed by atoms with van der Waals surface area (Å²) in [4.78, 5) is 57.8. The SMILES string of the molecule is CN1CC(=O)N(CC(=O)NCC(CC=O)CC(=O)O)C1=O. The van der Waals surface area contributed by atoms with Gasteiger partial charge in [-0.25, -0.2) is 4.79 Å². The number of likely N-dealkylation sites (N-methyl/N-ethyl adjacent to an activating group) is 1. The number of carbonyl (C=O) groups is 5.